The normalized spacial score (nSPS) is 19.4. The molecule has 1 fully saturated rings. The Balaban J connectivity index is 1.92. The predicted octanol–water partition coefficient (Wildman–Crippen LogP) is 2.81. The topological polar surface area (TPSA) is 32.3 Å². The van der Waals surface area contributed by atoms with Gasteiger partial charge in [0.25, 0.3) is 0 Å². The highest BCUT2D eigenvalue weighted by Crippen LogP contribution is 2.47. The molecule has 1 aromatic rings. The van der Waals surface area contributed by atoms with Crippen LogP contribution in [-0.2, 0) is 6.54 Å². The minimum absolute atomic E-state index is 0.286. The summed E-state index contributed by atoms with van der Waals surface area (Å²) in [6, 6.07) is 4.97. The third-order valence-corrected chi connectivity index (χ3v) is 3.71. The van der Waals surface area contributed by atoms with Crippen molar-refractivity contribution in [3.8, 4) is 5.75 Å². The van der Waals surface area contributed by atoms with Gasteiger partial charge in [-0.1, -0.05) is 13.0 Å². The van der Waals surface area contributed by atoms with Crippen LogP contribution >= 0.6 is 0 Å². The Morgan fingerprint density at radius 1 is 1.50 bits per heavy atom. The average Bonchev–Trinajstić information content (AvgIpc) is 2.99. The molecule has 1 unspecified atom stereocenters. The minimum atomic E-state index is -0.551. The van der Waals surface area contributed by atoms with Gasteiger partial charge in [-0.05, 0) is 42.9 Å². The summed E-state index contributed by atoms with van der Waals surface area (Å²) < 4.78 is 13.1. The molecule has 0 heterocycles. The Bertz CT molecular complexity index is 388. The van der Waals surface area contributed by atoms with Crippen LogP contribution < -0.4 is 5.32 Å². The first-order valence-corrected chi connectivity index (χ1v) is 5.72. The van der Waals surface area contributed by atoms with E-state index < -0.39 is 5.82 Å². The monoisotopic (exact) mass is 223 g/mol. The molecule has 2 nitrogen and oxygen atoms in total. The van der Waals surface area contributed by atoms with E-state index in [1.807, 2.05) is 0 Å². The van der Waals surface area contributed by atoms with Gasteiger partial charge in [-0.3, -0.25) is 0 Å². The molecule has 1 aliphatic carbocycles. The zero-order valence-corrected chi connectivity index (χ0v) is 9.76. The van der Waals surface area contributed by atoms with Crippen LogP contribution in [-0.4, -0.2) is 11.1 Å². The van der Waals surface area contributed by atoms with Gasteiger partial charge in [0.15, 0.2) is 11.6 Å². The number of hydrogen-bond donors (Lipinski definition) is 2. The van der Waals surface area contributed by atoms with Crippen molar-refractivity contribution in [3.05, 3.63) is 29.6 Å². The standard InChI is InChI=1S/C13H18FNO/c1-9(13(2)5-6-13)15-8-10-3-4-12(16)11(14)7-10/h3-4,7,9,15-16H,5-6,8H2,1-2H3. The van der Waals surface area contributed by atoms with Crippen molar-refractivity contribution in [1.29, 1.82) is 0 Å². The summed E-state index contributed by atoms with van der Waals surface area (Å²) >= 11 is 0. The largest absolute Gasteiger partial charge is 0.505 e. The number of aromatic hydroxyl groups is 1. The van der Waals surface area contributed by atoms with E-state index in [1.165, 1.54) is 25.0 Å². The van der Waals surface area contributed by atoms with Crippen molar-refractivity contribution in [2.24, 2.45) is 5.41 Å². The highest BCUT2D eigenvalue weighted by Gasteiger charge is 2.42. The number of phenols is 1. The number of benzene rings is 1. The number of nitrogens with one attached hydrogen (secondary N) is 1. The SMILES string of the molecule is CC(NCc1ccc(O)c(F)c1)C1(C)CC1. The molecule has 0 radical (unpaired) electrons. The molecule has 1 aromatic carbocycles. The summed E-state index contributed by atoms with van der Waals surface area (Å²) in [5.41, 5.74) is 1.29. The Morgan fingerprint density at radius 2 is 2.19 bits per heavy atom. The lowest BCUT2D eigenvalue weighted by Crippen LogP contribution is -2.32. The lowest BCUT2D eigenvalue weighted by atomic mass is 10.0. The smallest absolute Gasteiger partial charge is 0.165 e. The van der Waals surface area contributed by atoms with Crippen LogP contribution in [0.15, 0.2) is 18.2 Å². The van der Waals surface area contributed by atoms with Gasteiger partial charge in [0.2, 0.25) is 0 Å². The van der Waals surface area contributed by atoms with Gasteiger partial charge in [0.05, 0.1) is 0 Å². The third kappa shape index (κ3) is 2.35. The summed E-state index contributed by atoms with van der Waals surface area (Å²) in [5, 5.41) is 12.5. The molecule has 88 valence electrons. The Morgan fingerprint density at radius 3 is 2.75 bits per heavy atom. The van der Waals surface area contributed by atoms with E-state index in [4.69, 9.17) is 5.11 Å². The molecule has 0 saturated heterocycles. The van der Waals surface area contributed by atoms with Crippen LogP contribution in [0.5, 0.6) is 5.75 Å². The Kier molecular flexibility index (Phi) is 2.89. The quantitative estimate of drug-likeness (QED) is 0.822. The van der Waals surface area contributed by atoms with Crippen molar-refractivity contribution >= 4 is 0 Å². The maximum absolute atomic E-state index is 13.1. The van der Waals surface area contributed by atoms with Gasteiger partial charge in [0, 0.05) is 12.6 Å². The Hall–Kier alpha value is -1.09. The van der Waals surface area contributed by atoms with Crippen molar-refractivity contribution in [2.45, 2.75) is 39.3 Å². The first-order chi connectivity index (χ1) is 7.51. The van der Waals surface area contributed by atoms with Crippen LogP contribution in [0.4, 0.5) is 4.39 Å². The fourth-order valence-electron chi connectivity index (χ4n) is 1.81. The molecule has 2 N–H and O–H groups in total. The molecular weight excluding hydrogens is 205 g/mol. The second kappa shape index (κ2) is 4.06. The molecule has 0 aliphatic heterocycles. The summed E-state index contributed by atoms with van der Waals surface area (Å²) in [7, 11) is 0. The zero-order valence-electron chi connectivity index (χ0n) is 9.76. The molecule has 0 spiro atoms. The third-order valence-electron chi connectivity index (χ3n) is 3.71. The van der Waals surface area contributed by atoms with Gasteiger partial charge in [-0.25, -0.2) is 4.39 Å². The zero-order chi connectivity index (χ0) is 11.8. The van der Waals surface area contributed by atoms with Gasteiger partial charge in [-0.2, -0.15) is 0 Å². The molecule has 0 amide bonds. The minimum Gasteiger partial charge on any atom is -0.505 e. The summed E-state index contributed by atoms with van der Waals surface area (Å²) in [6.07, 6.45) is 2.54. The van der Waals surface area contributed by atoms with Crippen molar-refractivity contribution in [2.75, 3.05) is 0 Å². The van der Waals surface area contributed by atoms with E-state index in [0.717, 1.165) is 5.56 Å². The van der Waals surface area contributed by atoms with E-state index in [0.29, 0.717) is 18.0 Å². The van der Waals surface area contributed by atoms with Crippen LogP contribution in [0.25, 0.3) is 0 Å². The van der Waals surface area contributed by atoms with Gasteiger partial charge in [0.1, 0.15) is 0 Å². The second-order valence-electron chi connectivity index (χ2n) is 5.04. The first kappa shape index (κ1) is 11.4. The number of rotatable bonds is 4. The molecule has 16 heavy (non-hydrogen) atoms. The summed E-state index contributed by atoms with van der Waals surface area (Å²) in [5.74, 6) is -0.837. The summed E-state index contributed by atoms with van der Waals surface area (Å²) in [6.45, 7) is 5.08. The first-order valence-electron chi connectivity index (χ1n) is 5.72. The van der Waals surface area contributed by atoms with E-state index in [2.05, 4.69) is 19.2 Å². The van der Waals surface area contributed by atoms with Crippen LogP contribution in [0, 0.1) is 11.2 Å². The maximum Gasteiger partial charge on any atom is 0.165 e. The van der Waals surface area contributed by atoms with Gasteiger partial charge >= 0.3 is 0 Å². The second-order valence-corrected chi connectivity index (χ2v) is 5.04. The number of hydrogen-bond acceptors (Lipinski definition) is 2. The van der Waals surface area contributed by atoms with Crippen molar-refractivity contribution in [3.63, 3.8) is 0 Å². The van der Waals surface area contributed by atoms with Gasteiger partial charge in [-0.15, -0.1) is 0 Å². The lowest BCUT2D eigenvalue weighted by Gasteiger charge is -2.20. The fraction of sp³-hybridized carbons (Fsp3) is 0.538. The van der Waals surface area contributed by atoms with E-state index in [9.17, 15) is 4.39 Å². The predicted molar refractivity (Wildman–Crippen MR) is 61.7 cm³/mol. The maximum atomic E-state index is 13.1. The molecule has 1 saturated carbocycles. The van der Waals surface area contributed by atoms with Crippen molar-refractivity contribution < 1.29 is 9.50 Å². The van der Waals surface area contributed by atoms with E-state index in [-0.39, 0.29) is 5.75 Å². The number of phenolic OH excluding ortho intramolecular Hbond substituents is 1. The number of halogens is 1. The molecule has 1 atom stereocenters. The highest BCUT2D eigenvalue weighted by atomic mass is 19.1. The van der Waals surface area contributed by atoms with E-state index >= 15 is 0 Å². The highest BCUT2D eigenvalue weighted by molar-refractivity contribution is 5.27. The van der Waals surface area contributed by atoms with Gasteiger partial charge < -0.3 is 10.4 Å². The molecule has 3 heteroatoms. The van der Waals surface area contributed by atoms with E-state index in [1.54, 1.807) is 6.07 Å². The molecular formula is C13H18FNO. The molecule has 2 rings (SSSR count). The van der Waals surface area contributed by atoms with Crippen LogP contribution in [0.2, 0.25) is 0 Å². The molecule has 0 aromatic heterocycles. The molecule has 1 aliphatic rings. The van der Waals surface area contributed by atoms with Crippen LogP contribution in [0.1, 0.15) is 32.3 Å². The van der Waals surface area contributed by atoms with Crippen LogP contribution in [0.3, 0.4) is 0 Å². The molecule has 0 bridgehead atoms. The summed E-state index contributed by atoms with van der Waals surface area (Å²) in [4.78, 5) is 0. The fourth-order valence-corrected chi connectivity index (χ4v) is 1.81. The Labute approximate surface area is 95.5 Å². The average molecular weight is 223 g/mol. The van der Waals surface area contributed by atoms with Crippen molar-refractivity contribution in [1.82, 2.24) is 5.32 Å². The lowest BCUT2D eigenvalue weighted by molar-refractivity contribution is 0.379.